The number of aromatic nitrogens is 1. The Kier molecular flexibility index (Phi) is 6.02. The Labute approximate surface area is 324 Å². The summed E-state index contributed by atoms with van der Waals surface area (Å²) in [6.45, 7) is 13.6. The second kappa shape index (κ2) is 10.5. The van der Waals surface area contributed by atoms with E-state index in [1.807, 2.05) is 11.3 Å². The zero-order valence-corrected chi connectivity index (χ0v) is 32.7. The third-order valence-electron chi connectivity index (χ3n) is 12.5. The molecule has 0 spiro atoms. The van der Waals surface area contributed by atoms with Crippen molar-refractivity contribution >= 4 is 104 Å². The van der Waals surface area contributed by atoms with Crippen LogP contribution in [0.15, 0.2) is 132 Å². The largest absolute Gasteiger partial charge is 0.466 e. The highest BCUT2D eigenvalue weighted by Gasteiger charge is 2.47. The van der Waals surface area contributed by atoms with Crippen molar-refractivity contribution in [3.63, 3.8) is 0 Å². The van der Waals surface area contributed by atoms with Crippen molar-refractivity contribution in [2.24, 2.45) is 0 Å². The third-order valence-corrected chi connectivity index (χ3v) is 13.6. The van der Waals surface area contributed by atoms with E-state index in [0.29, 0.717) is 0 Å². The molecular formula is C50H39BN2OS. The molecule has 0 saturated carbocycles. The van der Waals surface area contributed by atoms with Crippen LogP contribution in [0.4, 0.5) is 11.4 Å². The van der Waals surface area contributed by atoms with Gasteiger partial charge in [0.1, 0.15) is 11.2 Å². The number of hydrogen-bond donors (Lipinski definition) is 0. The molecule has 3 nitrogen and oxygen atoms in total. The van der Waals surface area contributed by atoms with Crippen molar-refractivity contribution in [2.45, 2.75) is 52.4 Å². The molecule has 10 aromatic rings. The van der Waals surface area contributed by atoms with Crippen LogP contribution in [0, 0.1) is 0 Å². The first kappa shape index (κ1) is 31.6. The monoisotopic (exact) mass is 726 g/mol. The molecule has 0 fully saturated rings. The molecule has 55 heavy (non-hydrogen) atoms. The molecule has 0 saturated heterocycles. The first-order valence-corrected chi connectivity index (χ1v) is 20.3. The summed E-state index contributed by atoms with van der Waals surface area (Å²) in [7, 11) is 0. The van der Waals surface area contributed by atoms with Crippen LogP contribution < -0.4 is 15.9 Å². The van der Waals surface area contributed by atoms with Gasteiger partial charge in [0.05, 0.1) is 16.7 Å². The van der Waals surface area contributed by atoms with Crippen molar-refractivity contribution in [2.75, 3.05) is 4.81 Å². The summed E-state index contributed by atoms with van der Waals surface area (Å²) in [4.78, 5) is 2.58. The van der Waals surface area contributed by atoms with Crippen LogP contribution in [0.2, 0.25) is 0 Å². The normalized spacial score (nSPS) is 13.9. The Bertz CT molecular complexity index is 3290. The maximum atomic E-state index is 7.27. The molecule has 0 amide bonds. The van der Waals surface area contributed by atoms with Gasteiger partial charge >= 0.3 is 6.85 Å². The second-order valence-corrected chi connectivity index (χ2v) is 18.8. The third kappa shape index (κ3) is 4.17. The van der Waals surface area contributed by atoms with E-state index in [2.05, 4.69) is 178 Å². The van der Waals surface area contributed by atoms with E-state index >= 15 is 0 Å². The minimum absolute atomic E-state index is 0.0143. The zero-order valence-electron chi connectivity index (χ0n) is 31.9. The fourth-order valence-electron chi connectivity index (χ4n) is 9.73. The lowest BCUT2D eigenvalue weighted by Gasteiger charge is -2.40. The van der Waals surface area contributed by atoms with Gasteiger partial charge in [0.15, 0.2) is 0 Å². The maximum Gasteiger partial charge on any atom is 0.375 e. The molecule has 7 aromatic carbocycles. The van der Waals surface area contributed by atoms with Gasteiger partial charge in [-0.15, -0.1) is 11.3 Å². The van der Waals surface area contributed by atoms with Gasteiger partial charge in [-0.2, -0.15) is 0 Å². The minimum atomic E-state index is -0.174. The van der Waals surface area contributed by atoms with Crippen LogP contribution in [0.1, 0.15) is 52.7 Å². The number of furan rings is 1. The van der Waals surface area contributed by atoms with Crippen LogP contribution >= 0.6 is 11.3 Å². The first-order chi connectivity index (χ1) is 26.5. The molecule has 5 heterocycles. The van der Waals surface area contributed by atoms with Gasteiger partial charge in [-0.3, -0.25) is 0 Å². The van der Waals surface area contributed by atoms with Crippen LogP contribution in [-0.4, -0.2) is 11.4 Å². The average molecular weight is 727 g/mol. The summed E-state index contributed by atoms with van der Waals surface area (Å²) in [6, 6.07) is 48.2. The van der Waals surface area contributed by atoms with Gasteiger partial charge in [0.25, 0.3) is 0 Å². The van der Waals surface area contributed by atoms with Gasteiger partial charge in [0, 0.05) is 53.3 Å². The summed E-state index contributed by atoms with van der Waals surface area (Å²) in [6.07, 6.45) is 0. The molecule has 0 bridgehead atoms. The summed E-state index contributed by atoms with van der Waals surface area (Å²) < 4.78 is 12.5. The topological polar surface area (TPSA) is 21.3 Å². The van der Waals surface area contributed by atoms with Crippen molar-refractivity contribution in [3.8, 4) is 16.8 Å². The lowest BCUT2D eigenvalue weighted by atomic mass is 9.46. The number of fused-ring (bicyclic) bond motifs is 15. The van der Waals surface area contributed by atoms with Gasteiger partial charge < -0.3 is 13.8 Å². The molecule has 0 aliphatic carbocycles. The van der Waals surface area contributed by atoms with E-state index in [1.54, 1.807) is 0 Å². The van der Waals surface area contributed by atoms with Gasteiger partial charge in [-0.1, -0.05) is 120 Å². The van der Waals surface area contributed by atoms with E-state index in [9.17, 15) is 0 Å². The minimum Gasteiger partial charge on any atom is -0.466 e. The fourth-order valence-corrected chi connectivity index (χ4v) is 10.9. The average Bonchev–Trinajstić information content (AvgIpc) is 3.84. The summed E-state index contributed by atoms with van der Waals surface area (Å²) in [5.41, 5.74) is 14.5. The molecule has 0 radical (unpaired) electrons. The van der Waals surface area contributed by atoms with Crippen LogP contribution in [0.25, 0.3) is 80.5 Å². The number of hydrogen-bond acceptors (Lipinski definition) is 3. The number of thiophene rings is 1. The molecule has 3 aromatic heterocycles. The van der Waals surface area contributed by atoms with Gasteiger partial charge in [-0.05, 0) is 92.3 Å². The molecule has 2 aliphatic rings. The maximum absolute atomic E-state index is 7.27. The highest BCUT2D eigenvalue weighted by atomic mass is 32.1. The van der Waals surface area contributed by atoms with Crippen molar-refractivity contribution in [3.05, 3.63) is 139 Å². The van der Waals surface area contributed by atoms with Crippen LogP contribution in [-0.2, 0) is 10.8 Å². The quantitative estimate of drug-likeness (QED) is 0.157. The number of anilines is 2. The van der Waals surface area contributed by atoms with Gasteiger partial charge in [0.2, 0.25) is 0 Å². The highest BCUT2D eigenvalue weighted by Crippen LogP contribution is 2.50. The summed E-state index contributed by atoms with van der Waals surface area (Å²) >= 11 is 1.89. The van der Waals surface area contributed by atoms with E-state index in [0.717, 1.165) is 22.6 Å². The summed E-state index contributed by atoms with van der Waals surface area (Å²) in [5.74, 6) is 0. The molecule has 0 unspecified atom stereocenters. The van der Waals surface area contributed by atoms with Crippen LogP contribution in [0.3, 0.4) is 0 Å². The molecule has 264 valence electrons. The predicted octanol–water partition coefficient (Wildman–Crippen LogP) is 12.9. The number of nitrogens with zero attached hydrogens (tertiary/aromatic N) is 2. The van der Waals surface area contributed by atoms with Crippen molar-refractivity contribution in [1.29, 1.82) is 0 Å². The lowest BCUT2D eigenvalue weighted by Crippen LogP contribution is -2.60. The van der Waals surface area contributed by atoms with E-state index in [1.165, 1.54) is 91.5 Å². The second-order valence-electron chi connectivity index (χ2n) is 17.7. The molecule has 5 heteroatoms. The lowest BCUT2D eigenvalue weighted by molar-refractivity contribution is 0.590. The standard InChI is InChI=1S/C50H39BN2OS/c1-49(2,3)29-16-19-31(20-17-29)53-39-23-15-28-11-7-8-12-32(28)44(39)35-22-21-34-36-27-43-37(33-13-9-10-14-42(33)55-43)26-40(36)52-46(34)45(35)51(53)48-47(52)38-25-30(50(4,5)6)18-24-41(38)54-48/h7-27H,1-6H3. The fraction of sp³-hybridized carbons (Fsp3) is 0.160. The first-order valence-electron chi connectivity index (χ1n) is 19.5. The molecule has 0 N–H and O–H groups in total. The van der Waals surface area contributed by atoms with Crippen LogP contribution in [0.5, 0.6) is 0 Å². The Morgan fingerprint density at radius 1 is 0.582 bits per heavy atom. The SMILES string of the molecule is CC(C)(C)c1ccc(N2B3c4oc5ccc(C(C)(C)C)cc5c4-n4c5cc6c(cc5c5ccc(c3c54)-c3c2ccc2ccccc32)sc2ccccc26)cc1. The Morgan fingerprint density at radius 2 is 1.33 bits per heavy atom. The Morgan fingerprint density at radius 3 is 2.13 bits per heavy atom. The smallest absolute Gasteiger partial charge is 0.375 e. The Balaban J connectivity index is 1.28. The van der Waals surface area contributed by atoms with Crippen molar-refractivity contribution in [1.82, 2.24) is 4.57 Å². The predicted molar refractivity (Wildman–Crippen MR) is 237 cm³/mol. The molecule has 0 atom stereocenters. The van der Waals surface area contributed by atoms with E-state index in [4.69, 9.17) is 4.42 Å². The van der Waals surface area contributed by atoms with E-state index < -0.39 is 0 Å². The molecular weight excluding hydrogens is 687 g/mol. The molecule has 12 rings (SSSR count). The van der Waals surface area contributed by atoms with Gasteiger partial charge in [-0.25, -0.2) is 0 Å². The van der Waals surface area contributed by atoms with E-state index in [-0.39, 0.29) is 17.7 Å². The summed E-state index contributed by atoms with van der Waals surface area (Å²) in [5, 5.41) is 8.88. The van der Waals surface area contributed by atoms with Crippen molar-refractivity contribution < 1.29 is 4.42 Å². The number of rotatable bonds is 1. The Hall–Kier alpha value is -5.78. The molecule has 2 aliphatic heterocycles. The number of benzene rings is 7. The highest BCUT2D eigenvalue weighted by molar-refractivity contribution is 7.25. The zero-order chi connectivity index (χ0) is 37.1.